The van der Waals surface area contributed by atoms with Crippen LogP contribution in [0.5, 0.6) is 5.75 Å². The van der Waals surface area contributed by atoms with Crippen LogP contribution in [0, 0.1) is 5.82 Å². The second-order valence-electron chi connectivity index (χ2n) is 8.75. The Labute approximate surface area is 218 Å². The first-order valence-corrected chi connectivity index (χ1v) is 11.3. The lowest BCUT2D eigenvalue weighted by Gasteiger charge is -2.37. The third-order valence-electron chi connectivity index (χ3n) is 5.61. The summed E-state index contributed by atoms with van der Waals surface area (Å²) >= 11 is 0. The van der Waals surface area contributed by atoms with Crippen LogP contribution in [0.1, 0.15) is 23.6 Å². The van der Waals surface area contributed by atoms with Crippen LogP contribution in [0.2, 0.25) is 0 Å². The summed E-state index contributed by atoms with van der Waals surface area (Å²) in [6, 6.07) is 4.53. The van der Waals surface area contributed by atoms with Gasteiger partial charge in [-0.2, -0.15) is 26.3 Å². The highest BCUT2D eigenvalue weighted by Crippen LogP contribution is 2.44. The number of amides is 1. The van der Waals surface area contributed by atoms with Crippen molar-refractivity contribution in [2.45, 2.75) is 24.9 Å². The van der Waals surface area contributed by atoms with E-state index in [1.54, 1.807) is 6.92 Å². The number of nitrogens with two attached hydrogens (primary N) is 1. The van der Waals surface area contributed by atoms with E-state index in [0.717, 1.165) is 48.6 Å². The van der Waals surface area contributed by atoms with Crippen LogP contribution in [-0.2, 0) is 21.8 Å². The molecule has 0 saturated carbocycles. The fourth-order valence-corrected chi connectivity index (χ4v) is 3.44. The Morgan fingerprint density at radius 1 is 1.13 bits per heavy atom. The summed E-state index contributed by atoms with van der Waals surface area (Å²) in [5.41, 5.74) is 0.443. The molecule has 0 aromatic heterocycles. The number of rotatable bonds is 8. The Hall–Kier alpha value is -3.65. The van der Waals surface area contributed by atoms with Crippen molar-refractivity contribution >= 4 is 23.6 Å². The molecule has 1 fully saturated rings. The van der Waals surface area contributed by atoms with Crippen molar-refractivity contribution in [2.75, 3.05) is 38.3 Å². The summed E-state index contributed by atoms with van der Waals surface area (Å²) in [7, 11) is 1.13. The molecule has 1 aliphatic rings. The minimum Gasteiger partial charge on any atom is -0.409 e. The number of anilines is 1. The number of hydrogen-bond donors (Lipinski definition) is 1. The summed E-state index contributed by atoms with van der Waals surface area (Å²) in [6.07, 6.45) is -10.2. The van der Waals surface area contributed by atoms with E-state index in [0.29, 0.717) is 19.3 Å². The van der Waals surface area contributed by atoms with Crippen molar-refractivity contribution in [2.24, 2.45) is 10.7 Å². The molecule has 0 spiro atoms. The van der Waals surface area contributed by atoms with Crippen molar-refractivity contribution < 1.29 is 49.7 Å². The molecule has 1 aliphatic heterocycles. The Balaban J connectivity index is 2.00. The number of halogens is 7. The number of hydrogen-bond acceptors (Lipinski definition) is 6. The summed E-state index contributed by atoms with van der Waals surface area (Å²) in [5, 5.41) is 0. The molecule has 2 aromatic carbocycles. The number of nitrogens with zero attached hydrogens (tertiary/aromatic N) is 2. The van der Waals surface area contributed by atoms with Crippen molar-refractivity contribution in [1.82, 2.24) is 0 Å². The summed E-state index contributed by atoms with van der Waals surface area (Å²) in [5.74, 6) is -1.85. The number of carbonyl (C=O) groups excluding carboxylic acids is 1. The van der Waals surface area contributed by atoms with Gasteiger partial charge >= 0.3 is 18.4 Å². The van der Waals surface area contributed by atoms with E-state index in [4.69, 9.17) is 19.9 Å². The van der Waals surface area contributed by atoms with Gasteiger partial charge in [0.25, 0.3) is 0 Å². The monoisotopic (exact) mass is 563 g/mol. The van der Waals surface area contributed by atoms with E-state index in [2.05, 4.69) is 4.99 Å². The molecular formula is C25H24F7N3O4. The first-order chi connectivity index (χ1) is 18.1. The van der Waals surface area contributed by atoms with E-state index >= 15 is 0 Å². The quantitative estimate of drug-likeness (QED) is 0.254. The van der Waals surface area contributed by atoms with Crippen LogP contribution in [0.25, 0.3) is 5.57 Å². The third-order valence-corrected chi connectivity index (χ3v) is 5.61. The third kappa shape index (κ3) is 7.47. The molecule has 0 aliphatic carbocycles. The molecule has 0 bridgehead atoms. The van der Waals surface area contributed by atoms with Crippen LogP contribution in [-0.4, -0.2) is 51.3 Å². The van der Waals surface area contributed by atoms with Crippen LogP contribution in [0.15, 0.2) is 47.6 Å². The van der Waals surface area contributed by atoms with Gasteiger partial charge in [0.1, 0.15) is 11.4 Å². The molecule has 1 heterocycles. The summed E-state index contributed by atoms with van der Waals surface area (Å²) in [4.78, 5) is 17.5. The van der Waals surface area contributed by atoms with Crippen molar-refractivity contribution in [3.8, 4) is 5.75 Å². The minimum absolute atomic E-state index is 0.000442. The first kappa shape index (κ1) is 29.9. The summed E-state index contributed by atoms with van der Waals surface area (Å²) < 4.78 is 111. The van der Waals surface area contributed by atoms with Gasteiger partial charge < -0.3 is 19.9 Å². The predicted molar refractivity (Wildman–Crippen MR) is 128 cm³/mol. The van der Waals surface area contributed by atoms with Crippen LogP contribution in [0.4, 0.5) is 41.2 Å². The molecular weight excluding hydrogens is 539 g/mol. The van der Waals surface area contributed by atoms with Crippen molar-refractivity contribution in [1.29, 1.82) is 0 Å². The van der Waals surface area contributed by atoms with Gasteiger partial charge in [-0.3, -0.25) is 9.89 Å². The topological polar surface area (TPSA) is 86.4 Å². The minimum atomic E-state index is -5.36. The fourth-order valence-electron chi connectivity index (χ4n) is 3.44. The lowest BCUT2D eigenvalue weighted by molar-refractivity contribution is -0.197. The Morgan fingerprint density at radius 3 is 2.28 bits per heavy atom. The largest absolute Gasteiger partial charge is 0.420 e. The first-order valence-electron chi connectivity index (χ1n) is 11.3. The van der Waals surface area contributed by atoms with Crippen LogP contribution < -0.4 is 15.4 Å². The van der Waals surface area contributed by atoms with Gasteiger partial charge in [-0.15, -0.1) is 0 Å². The zero-order valence-electron chi connectivity index (χ0n) is 20.7. The molecule has 0 radical (unpaired) electrons. The Bertz CT molecular complexity index is 1240. The molecule has 1 amide bonds. The van der Waals surface area contributed by atoms with Gasteiger partial charge in [-0.25, -0.2) is 9.18 Å². The molecule has 7 nitrogen and oxygen atoms in total. The SMILES string of the molecule is CN(C(=O)Oc1c(/C(C=NCCOC2(C)COC2)=C/N)cc(C(F)(F)F)cc1C(F)(F)F)c1ccc(F)cc1. The highest BCUT2D eigenvalue weighted by Gasteiger charge is 2.41. The highest BCUT2D eigenvalue weighted by atomic mass is 19.4. The number of ether oxygens (including phenoxy) is 3. The van der Waals surface area contributed by atoms with Gasteiger partial charge in [0, 0.05) is 36.3 Å². The smallest absolute Gasteiger partial charge is 0.409 e. The number of carbonyl (C=O) groups is 1. The molecule has 14 heteroatoms. The van der Waals surface area contributed by atoms with Crippen molar-refractivity contribution in [3.63, 3.8) is 0 Å². The molecule has 0 unspecified atom stereocenters. The highest BCUT2D eigenvalue weighted by molar-refractivity contribution is 6.11. The molecule has 39 heavy (non-hydrogen) atoms. The fraction of sp³-hybridized carbons (Fsp3) is 0.360. The number of alkyl halides is 6. The van der Waals surface area contributed by atoms with Gasteiger partial charge in [-0.05, 0) is 43.3 Å². The summed E-state index contributed by atoms with van der Waals surface area (Å²) in [6.45, 7) is 2.64. The van der Waals surface area contributed by atoms with Crippen molar-refractivity contribution in [3.05, 3.63) is 65.1 Å². The van der Waals surface area contributed by atoms with E-state index in [1.165, 1.54) is 0 Å². The maximum atomic E-state index is 14.0. The predicted octanol–water partition coefficient (Wildman–Crippen LogP) is 5.67. The maximum absolute atomic E-state index is 14.0. The van der Waals surface area contributed by atoms with Gasteiger partial charge in [0.2, 0.25) is 0 Å². The standard InChI is InChI=1S/C25H24F7N3O4/c1-23(13-37-14-23)38-8-7-34-12-15(11-33)19-9-16(24(27,28)29)10-20(25(30,31)32)21(19)39-22(36)35(2)18-5-3-17(26)4-6-18/h3-6,9-12H,7-8,13-14,33H2,1-2H3/b15-11+,34-12?. The number of allylic oxidation sites excluding steroid dienone is 1. The lowest BCUT2D eigenvalue weighted by Crippen LogP contribution is -2.49. The van der Waals surface area contributed by atoms with Crippen LogP contribution in [0.3, 0.4) is 0 Å². The zero-order valence-corrected chi connectivity index (χ0v) is 20.7. The average molecular weight is 563 g/mol. The molecule has 1 saturated heterocycles. The van der Waals surface area contributed by atoms with E-state index in [-0.39, 0.29) is 30.5 Å². The normalized spacial score (nSPS) is 15.8. The van der Waals surface area contributed by atoms with Crippen LogP contribution >= 0.6 is 0 Å². The maximum Gasteiger partial charge on any atom is 0.420 e. The number of benzene rings is 2. The van der Waals surface area contributed by atoms with E-state index in [1.807, 2.05) is 0 Å². The van der Waals surface area contributed by atoms with E-state index < -0.39 is 52.3 Å². The Morgan fingerprint density at radius 2 is 1.77 bits per heavy atom. The molecule has 0 atom stereocenters. The second-order valence-corrected chi connectivity index (χ2v) is 8.75. The van der Waals surface area contributed by atoms with Gasteiger partial charge in [0.15, 0.2) is 5.75 Å². The molecule has 3 rings (SSSR count). The van der Waals surface area contributed by atoms with Gasteiger partial charge in [0.05, 0.1) is 37.5 Å². The Kier molecular flexibility index (Phi) is 8.91. The zero-order chi connectivity index (χ0) is 29.0. The number of aliphatic imine (C=N–C) groups is 1. The lowest BCUT2D eigenvalue weighted by atomic mass is 9.98. The molecule has 2 aromatic rings. The molecule has 212 valence electrons. The molecule has 2 N–H and O–H groups in total. The van der Waals surface area contributed by atoms with Gasteiger partial charge in [-0.1, -0.05) is 0 Å². The second kappa shape index (κ2) is 11.6. The average Bonchev–Trinajstić information content (AvgIpc) is 2.84. The van der Waals surface area contributed by atoms with E-state index in [9.17, 15) is 35.5 Å².